The highest BCUT2D eigenvalue weighted by Gasteiger charge is 2.30. The quantitative estimate of drug-likeness (QED) is 0.771. The Hall–Kier alpha value is -1.03. The van der Waals surface area contributed by atoms with Gasteiger partial charge in [0.1, 0.15) is 0 Å². The topological polar surface area (TPSA) is 26.0 Å². The van der Waals surface area contributed by atoms with Crippen LogP contribution in [-0.2, 0) is 12.6 Å². The standard InChI is InChI=1S/C11H14F3N/c12-11(13,14)10-6-3-5-9(8-10)4-1-2-7-15/h3,5-6,8H,1-2,4,7,15H2. The fourth-order valence-corrected chi connectivity index (χ4v) is 1.38. The second kappa shape index (κ2) is 5.16. The Kier molecular flexibility index (Phi) is 4.15. The van der Waals surface area contributed by atoms with Crippen LogP contribution in [0.3, 0.4) is 0 Å². The molecule has 0 fully saturated rings. The minimum atomic E-state index is -4.25. The number of halogens is 3. The molecule has 0 spiro atoms. The number of benzene rings is 1. The van der Waals surface area contributed by atoms with Crippen LogP contribution in [0.25, 0.3) is 0 Å². The van der Waals surface area contributed by atoms with Gasteiger partial charge in [-0.05, 0) is 37.4 Å². The number of unbranched alkanes of at least 4 members (excludes halogenated alkanes) is 1. The van der Waals surface area contributed by atoms with Gasteiger partial charge >= 0.3 is 6.18 Å². The summed E-state index contributed by atoms with van der Waals surface area (Å²) in [4.78, 5) is 0. The lowest BCUT2D eigenvalue weighted by Gasteiger charge is -2.08. The zero-order valence-electron chi connectivity index (χ0n) is 8.35. The Morgan fingerprint density at radius 2 is 1.87 bits per heavy atom. The largest absolute Gasteiger partial charge is 0.416 e. The monoisotopic (exact) mass is 217 g/mol. The Labute approximate surface area is 87.1 Å². The third-order valence-corrected chi connectivity index (χ3v) is 2.17. The molecule has 0 aromatic heterocycles. The maximum atomic E-state index is 12.3. The van der Waals surface area contributed by atoms with E-state index in [2.05, 4.69) is 0 Å². The highest BCUT2D eigenvalue weighted by atomic mass is 19.4. The molecule has 1 aromatic rings. The number of nitrogens with two attached hydrogens (primary N) is 1. The molecular weight excluding hydrogens is 203 g/mol. The number of rotatable bonds is 4. The van der Waals surface area contributed by atoms with E-state index in [1.165, 1.54) is 12.1 Å². The van der Waals surface area contributed by atoms with E-state index in [1.54, 1.807) is 6.07 Å². The zero-order valence-corrected chi connectivity index (χ0v) is 8.35. The molecular formula is C11H14F3N. The maximum absolute atomic E-state index is 12.3. The SMILES string of the molecule is NCCCCc1cccc(C(F)(F)F)c1. The van der Waals surface area contributed by atoms with E-state index >= 15 is 0 Å². The molecule has 0 heterocycles. The van der Waals surface area contributed by atoms with E-state index in [-0.39, 0.29) is 0 Å². The summed E-state index contributed by atoms with van der Waals surface area (Å²) in [6, 6.07) is 5.45. The van der Waals surface area contributed by atoms with E-state index in [9.17, 15) is 13.2 Å². The van der Waals surface area contributed by atoms with Gasteiger partial charge in [-0.25, -0.2) is 0 Å². The molecule has 0 bridgehead atoms. The van der Waals surface area contributed by atoms with Gasteiger partial charge in [-0.1, -0.05) is 18.2 Å². The van der Waals surface area contributed by atoms with Crippen LogP contribution in [0.5, 0.6) is 0 Å². The Morgan fingerprint density at radius 3 is 2.47 bits per heavy atom. The van der Waals surface area contributed by atoms with Crippen molar-refractivity contribution in [1.29, 1.82) is 0 Å². The Morgan fingerprint density at radius 1 is 1.13 bits per heavy atom. The Balaban J connectivity index is 2.66. The van der Waals surface area contributed by atoms with Crippen LogP contribution in [0.1, 0.15) is 24.0 Å². The van der Waals surface area contributed by atoms with Crippen molar-refractivity contribution in [3.8, 4) is 0 Å². The summed E-state index contributed by atoms with van der Waals surface area (Å²) in [5.41, 5.74) is 5.46. The summed E-state index contributed by atoms with van der Waals surface area (Å²) in [5, 5.41) is 0. The van der Waals surface area contributed by atoms with Crippen LogP contribution in [0.2, 0.25) is 0 Å². The van der Waals surface area contributed by atoms with Crippen LogP contribution in [0.4, 0.5) is 13.2 Å². The highest BCUT2D eigenvalue weighted by molar-refractivity contribution is 5.25. The van der Waals surface area contributed by atoms with E-state index in [1.807, 2.05) is 0 Å². The average molecular weight is 217 g/mol. The molecule has 1 aromatic carbocycles. The molecule has 2 N–H and O–H groups in total. The van der Waals surface area contributed by atoms with Crippen LogP contribution in [0.15, 0.2) is 24.3 Å². The lowest BCUT2D eigenvalue weighted by Crippen LogP contribution is -2.05. The third kappa shape index (κ3) is 3.91. The van der Waals surface area contributed by atoms with Crippen molar-refractivity contribution < 1.29 is 13.2 Å². The van der Waals surface area contributed by atoms with Crippen molar-refractivity contribution in [3.05, 3.63) is 35.4 Å². The van der Waals surface area contributed by atoms with Crippen LogP contribution in [0, 0.1) is 0 Å². The molecule has 0 aliphatic heterocycles. The van der Waals surface area contributed by atoms with Crippen LogP contribution >= 0.6 is 0 Å². The number of aryl methyl sites for hydroxylation is 1. The first-order chi connectivity index (χ1) is 7.04. The summed E-state index contributed by atoms with van der Waals surface area (Å²) in [6.07, 6.45) is -1.92. The molecule has 0 saturated heterocycles. The van der Waals surface area contributed by atoms with Crippen LogP contribution in [-0.4, -0.2) is 6.54 Å². The second-order valence-electron chi connectivity index (χ2n) is 3.44. The minimum absolute atomic E-state index is 0.576. The first kappa shape index (κ1) is 12.0. The van der Waals surface area contributed by atoms with E-state index in [4.69, 9.17) is 5.73 Å². The summed E-state index contributed by atoms with van der Waals surface area (Å²) >= 11 is 0. The number of alkyl halides is 3. The van der Waals surface area contributed by atoms with Gasteiger partial charge in [-0.2, -0.15) is 13.2 Å². The first-order valence-corrected chi connectivity index (χ1v) is 4.90. The lowest BCUT2D eigenvalue weighted by atomic mass is 10.1. The van der Waals surface area contributed by atoms with Gasteiger partial charge in [0.2, 0.25) is 0 Å². The van der Waals surface area contributed by atoms with E-state index < -0.39 is 11.7 Å². The normalized spacial score (nSPS) is 11.7. The van der Waals surface area contributed by atoms with E-state index in [0.29, 0.717) is 13.0 Å². The first-order valence-electron chi connectivity index (χ1n) is 4.90. The van der Waals surface area contributed by atoms with Crippen molar-refractivity contribution in [2.24, 2.45) is 5.73 Å². The average Bonchev–Trinajstić information content (AvgIpc) is 2.17. The number of hydrogen-bond acceptors (Lipinski definition) is 1. The molecule has 0 saturated carbocycles. The molecule has 0 atom stereocenters. The number of hydrogen-bond donors (Lipinski definition) is 1. The van der Waals surface area contributed by atoms with E-state index in [0.717, 1.165) is 24.5 Å². The predicted molar refractivity (Wildman–Crippen MR) is 53.4 cm³/mol. The molecule has 0 radical (unpaired) electrons. The van der Waals surface area contributed by atoms with Gasteiger partial charge in [0, 0.05) is 0 Å². The lowest BCUT2D eigenvalue weighted by molar-refractivity contribution is -0.137. The van der Waals surface area contributed by atoms with Gasteiger partial charge in [0.25, 0.3) is 0 Å². The maximum Gasteiger partial charge on any atom is 0.416 e. The molecule has 1 rings (SSSR count). The molecule has 0 amide bonds. The zero-order chi connectivity index (χ0) is 11.3. The second-order valence-corrected chi connectivity index (χ2v) is 3.44. The van der Waals surface area contributed by atoms with Crippen molar-refractivity contribution in [2.75, 3.05) is 6.54 Å². The van der Waals surface area contributed by atoms with Gasteiger partial charge in [0.15, 0.2) is 0 Å². The predicted octanol–water partition coefficient (Wildman–Crippen LogP) is 2.99. The van der Waals surface area contributed by atoms with Gasteiger partial charge in [0.05, 0.1) is 5.56 Å². The third-order valence-electron chi connectivity index (χ3n) is 2.17. The fourth-order valence-electron chi connectivity index (χ4n) is 1.38. The smallest absolute Gasteiger partial charge is 0.330 e. The summed E-state index contributed by atoms with van der Waals surface area (Å²) < 4.78 is 37.0. The van der Waals surface area contributed by atoms with Crippen molar-refractivity contribution in [1.82, 2.24) is 0 Å². The molecule has 0 aliphatic rings. The van der Waals surface area contributed by atoms with Crippen molar-refractivity contribution in [2.45, 2.75) is 25.4 Å². The molecule has 0 aliphatic carbocycles. The summed E-state index contributed by atoms with van der Waals surface area (Å²) in [7, 11) is 0. The molecule has 15 heavy (non-hydrogen) atoms. The molecule has 1 nitrogen and oxygen atoms in total. The minimum Gasteiger partial charge on any atom is -0.330 e. The molecule has 4 heteroatoms. The van der Waals surface area contributed by atoms with Crippen molar-refractivity contribution >= 4 is 0 Å². The van der Waals surface area contributed by atoms with Crippen molar-refractivity contribution in [3.63, 3.8) is 0 Å². The fraction of sp³-hybridized carbons (Fsp3) is 0.455. The highest BCUT2D eigenvalue weighted by Crippen LogP contribution is 2.29. The molecule has 84 valence electrons. The summed E-state index contributed by atoms with van der Waals surface area (Å²) in [6.45, 7) is 0.582. The Bertz CT molecular complexity index is 307. The van der Waals surface area contributed by atoms with Gasteiger partial charge < -0.3 is 5.73 Å². The van der Waals surface area contributed by atoms with Gasteiger partial charge in [-0.15, -0.1) is 0 Å². The summed E-state index contributed by atoms with van der Waals surface area (Å²) in [5.74, 6) is 0. The molecule has 0 unspecified atom stereocenters. The van der Waals surface area contributed by atoms with Gasteiger partial charge in [-0.3, -0.25) is 0 Å². The van der Waals surface area contributed by atoms with Crippen LogP contribution < -0.4 is 5.73 Å².